The van der Waals surface area contributed by atoms with Crippen LogP contribution < -0.4 is 4.74 Å². The monoisotopic (exact) mass is 203 g/mol. The molecule has 1 aromatic heterocycles. The maximum atomic E-state index is 7.83. The number of aryl methyl sites for hydroxylation is 1. The zero-order chi connectivity index (χ0) is 11.5. The summed E-state index contributed by atoms with van der Waals surface area (Å²) in [5.41, 5.74) is 0.829. The van der Waals surface area contributed by atoms with Crippen LogP contribution in [0.2, 0.25) is 0 Å². The summed E-state index contributed by atoms with van der Waals surface area (Å²) >= 11 is 0. The lowest BCUT2D eigenvalue weighted by Gasteiger charge is -2.06. The van der Waals surface area contributed by atoms with E-state index in [9.17, 15) is 0 Å². The molecule has 15 heavy (non-hydrogen) atoms. The Morgan fingerprint density at radius 2 is 2.13 bits per heavy atom. The first kappa shape index (κ1) is 8.65. The molecule has 0 fully saturated rings. The second kappa shape index (κ2) is 4.26. The normalized spacial score (nSPS) is 13.6. The third-order valence-corrected chi connectivity index (χ3v) is 2.17. The molecule has 0 saturated carbocycles. The Morgan fingerprint density at radius 1 is 1.33 bits per heavy atom. The van der Waals surface area contributed by atoms with Gasteiger partial charge in [-0.1, -0.05) is 19.1 Å². The van der Waals surface area contributed by atoms with Gasteiger partial charge >= 0.3 is 0 Å². The van der Waals surface area contributed by atoms with E-state index in [1.807, 2.05) is 31.2 Å². The number of para-hydroxylation sites is 1. The van der Waals surface area contributed by atoms with Gasteiger partial charge in [-0.15, -0.1) is 0 Å². The highest BCUT2D eigenvalue weighted by Gasteiger charge is 2.06. The molecule has 0 aliphatic rings. The maximum absolute atomic E-state index is 7.83. The molecule has 0 spiro atoms. The molecule has 1 aromatic carbocycles. The van der Waals surface area contributed by atoms with E-state index < -0.39 is 6.40 Å². The lowest BCUT2D eigenvalue weighted by atomic mass is 10.2. The van der Waals surface area contributed by atoms with Crippen LogP contribution in [0.3, 0.4) is 0 Å². The third kappa shape index (κ3) is 1.91. The third-order valence-electron chi connectivity index (χ3n) is 2.17. The Labute approximate surface area is 90.5 Å². The van der Waals surface area contributed by atoms with Crippen LogP contribution in [0.5, 0.6) is 5.88 Å². The van der Waals surface area contributed by atoms with Crippen LogP contribution in [0.25, 0.3) is 10.9 Å². The molecule has 1 atom stereocenters. The highest BCUT2D eigenvalue weighted by atomic mass is 16.5. The Bertz CT molecular complexity index is 501. The van der Waals surface area contributed by atoms with Gasteiger partial charge in [0.1, 0.15) is 5.82 Å². The van der Waals surface area contributed by atoms with Crippen LogP contribution in [0, 0.1) is 0 Å². The molecular weight excluding hydrogens is 188 g/mol. The molecule has 0 saturated heterocycles. The van der Waals surface area contributed by atoms with Gasteiger partial charge in [0.15, 0.2) is 0 Å². The Kier molecular flexibility index (Phi) is 2.45. The lowest BCUT2D eigenvalue weighted by molar-refractivity contribution is 0.400. The topological polar surface area (TPSA) is 35.0 Å². The number of hydrogen-bond donors (Lipinski definition) is 0. The second-order valence-electron chi connectivity index (χ2n) is 3.22. The van der Waals surface area contributed by atoms with Gasteiger partial charge in [-0.3, -0.25) is 0 Å². The number of aromatic nitrogens is 2. The zero-order valence-corrected chi connectivity index (χ0v) is 8.90. The summed E-state index contributed by atoms with van der Waals surface area (Å²) in [6.07, 6.45) is 0.306. The summed E-state index contributed by atoms with van der Waals surface area (Å²) in [6, 6.07) is 7.67. The van der Waals surface area contributed by atoms with Crippen LogP contribution >= 0.6 is 0 Å². The largest absolute Gasteiger partial charge is 0.480 e. The first-order valence-electron chi connectivity index (χ1n) is 5.57. The van der Waals surface area contributed by atoms with E-state index in [4.69, 9.17) is 6.11 Å². The average Bonchev–Trinajstić information content (AvgIpc) is 2.36. The van der Waals surface area contributed by atoms with E-state index in [-0.39, 0.29) is 0 Å². The van der Waals surface area contributed by atoms with Crippen molar-refractivity contribution in [3.63, 3.8) is 0 Å². The Morgan fingerprint density at radius 3 is 2.87 bits per heavy atom. The van der Waals surface area contributed by atoms with Crippen molar-refractivity contribution in [1.29, 1.82) is 0 Å². The van der Waals surface area contributed by atoms with Gasteiger partial charge in [0, 0.05) is 7.77 Å². The summed E-state index contributed by atoms with van der Waals surface area (Å²) in [7, 11) is 1.59. The molecule has 0 aliphatic heterocycles. The summed E-state index contributed by atoms with van der Waals surface area (Å²) in [6.45, 7) is 1.95. The molecule has 0 bridgehead atoms. The number of fused-ring (bicyclic) bond motifs is 1. The second-order valence-corrected chi connectivity index (χ2v) is 3.22. The minimum Gasteiger partial charge on any atom is -0.480 e. The molecule has 0 N–H and O–H groups in total. The van der Waals surface area contributed by atoms with Gasteiger partial charge < -0.3 is 4.74 Å². The predicted octanol–water partition coefficient (Wildman–Crippen LogP) is 2.59. The van der Waals surface area contributed by atoms with Gasteiger partial charge in [0.25, 0.3) is 0 Å². The summed E-state index contributed by atoms with van der Waals surface area (Å²) < 4.78 is 13.1. The number of hydrogen-bond acceptors (Lipinski definition) is 3. The Hall–Kier alpha value is -1.64. The average molecular weight is 203 g/mol. The van der Waals surface area contributed by atoms with Crippen LogP contribution in [0.1, 0.15) is 20.5 Å². The fourth-order valence-electron chi connectivity index (χ4n) is 1.49. The smallest absolute Gasteiger partial charge is 0.224 e. The molecule has 3 nitrogen and oxygen atoms in total. The van der Waals surface area contributed by atoms with Gasteiger partial charge in [0.05, 0.1) is 18.0 Å². The number of nitrogens with zero attached hydrogens (tertiary/aromatic N) is 2. The van der Waals surface area contributed by atoms with Crippen molar-refractivity contribution in [3.05, 3.63) is 30.1 Å². The molecular formula is C12H14N2O. The molecule has 78 valence electrons. The van der Waals surface area contributed by atoms with Crippen molar-refractivity contribution >= 4 is 10.9 Å². The van der Waals surface area contributed by atoms with E-state index in [0.717, 1.165) is 10.9 Å². The van der Waals surface area contributed by atoms with E-state index in [0.29, 0.717) is 18.1 Å². The number of rotatable bonds is 3. The van der Waals surface area contributed by atoms with Crippen molar-refractivity contribution in [3.8, 4) is 5.88 Å². The zero-order valence-electron chi connectivity index (χ0n) is 9.90. The highest BCUT2D eigenvalue weighted by Crippen LogP contribution is 2.21. The van der Waals surface area contributed by atoms with Crippen molar-refractivity contribution in [2.45, 2.75) is 19.7 Å². The number of methoxy groups -OCH3 is 1. The van der Waals surface area contributed by atoms with Gasteiger partial charge in [-0.25, -0.2) is 4.98 Å². The van der Waals surface area contributed by atoms with Crippen LogP contribution in [0.4, 0.5) is 0 Å². The van der Waals surface area contributed by atoms with Crippen LogP contribution in [-0.2, 0) is 6.40 Å². The van der Waals surface area contributed by atoms with E-state index in [1.54, 1.807) is 7.11 Å². The molecule has 1 heterocycles. The first-order chi connectivity index (χ1) is 7.76. The van der Waals surface area contributed by atoms with Crippen molar-refractivity contribution in [2.75, 3.05) is 7.11 Å². The number of ether oxygens (including phenoxy) is 1. The molecule has 0 radical (unpaired) electrons. The SMILES string of the molecule is [2H]C(CC)c1nc(OC)c2ccccc2n1. The van der Waals surface area contributed by atoms with Crippen molar-refractivity contribution < 1.29 is 6.11 Å². The quantitative estimate of drug-likeness (QED) is 0.769. The molecule has 1 unspecified atom stereocenters. The summed E-state index contributed by atoms with van der Waals surface area (Å²) in [5, 5.41) is 0.886. The molecule has 3 heteroatoms. The summed E-state index contributed by atoms with van der Waals surface area (Å²) in [5.74, 6) is 1.07. The minimum absolute atomic E-state index is 0.390. The van der Waals surface area contributed by atoms with Crippen LogP contribution in [-0.4, -0.2) is 17.1 Å². The van der Waals surface area contributed by atoms with Gasteiger partial charge in [-0.2, -0.15) is 4.98 Å². The van der Waals surface area contributed by atoms with Gasteiger partial charge in [-0.05, 0) is 18.6 Å². The van der Waals surface area contributed by atoms with Crippen molar-refractivity contribution in [2.24, 2.45) is 0 Å². The molecule has 2 aromatic rings. The fraction of sp³-hybridized carbons (Fsp3) is 0.333. The molecule has 2 rings (SSSR count). The Balaban J connectivity index is 2.63. The highest BCUT2D eigenvalue weighted by molar-refractivity contribution is 5.83. The van der Waals surface area contributed by atoms with Gasteiger partial charge in [0.2, 0.25) is 5.88 Å². The molecule has 0 aliphatic carbocycles. The van der Waals surface area contributed by atoms with Crippen LogP contribution in [0.15, 0.2) is 24.3 Å². The predicted molar refractivity (Wildman–Crippen MR) is 60.1 cm³/mol. The van der Waals surface area contributed by atoms with E-state index in [1.165, 1.54) is 0 Å². The standard InChI is InChI=1S/C12H14N2O/c1-3-6-11-13-10-8-5-4-7-9(10)12(14-11)15-2/h4-5,7-8H,3,6H2,1-2H3/i6D. The number of benzene rings is 1. The minimum atomic E-state index is -0.390. The maximum Gasteiger partial charge on any atom is 0.224 e. The fourth-order valence-corrected chi connectivity index (χ4v) is 1.49. The molecule has 0 amide bonds. The lowest BCUT2D eigenvalue weighted by Crippen LogP contribution is -1.98. The van der Waals surface area contributed by atoms with E-state index >= 15 is 0 Å². The summed E-state index contributed by atoms with van der Waals surface area (Å²) in [4.78, 5) is 8.65. The van der Waals surface area contributed by atoms with E-state index in [2.05, 4.69) is 9.97 Å². The van der Waals surface area contributed by atoms with Crippen molar-refractivity contribution in [1.82, 2.24) is 9.97 Å². The first-order valence-corrected chi connectivity index (χ1v) is 4.99.